The van der Waals surface area contributed by atoms with Crippen molar-refractivity contribution in [3.63, 3.8) is 0 Å². The summed E-state index contributed by atoms with van der Waals surface area (Å²) in [5.41, 5.74) is 0.210. The van der Waals surface area contributed by atoms with Gasteiger partial charge in [-0.3, -0.25) is 9.59 Å². The second-order valence-corrected chi connectivity index (χ2v) is 7.78. The fourth-order valence-electron chi connectivity index (χ4n) is 3.37. The molecule has 1 aliphatic rings. The van der Waals surface area contributed by atoms with E-state index in [-0.39, 0.29) is 11.8 Å². The van der Waals surface area contributed by atoms with Crippen LogP contribution in [0.4, 0.5) is 0 Å². The van der Waals surface area contributed by atoms with Crippen LogP contribution in [-0.4, -0.2) is 21.9 Å². The van der Waals surface area contributed by atoms with Crippen LogP contribution in [0.1, 0.15) is 39.5 Å². The van der Waals surface area contributed by atoms with Gasteiger partial charge in [0.1, 0.15) is 5.54 Å². The molecule has 6 heteroatoms. The van der Waals surface area contributed by atoms with Gasteiger partial charge in [-0.25, -0.2) is 0 Å². The Morgan fingerprint density at radius 2 is 1.96 bits per heavy atom. The molecular formula is C18H23N3O2S. The number of aryl methyl sites for hydroxylation is 1. The molecule has 0 spiro atoms. The average molecular weight is 345 g/mol. The molecule has 0 unspecified atom stereocenters. The summed E-state index contributed by atoms with van der Waals surface area (Å²) in [5.74, 6) is 0.181. The van der Waals surface area contributed by atoms with E-state index in [1.165, 1.54) is 18.3 Å². The molecule has 2 amide bonds. The summed E-state index contributed by atoms with van der Waals surface area (Å²) in [6, 6.07) is 7.99. The van der Waals surface area contributed by atoms with Gasteiger partial charge in [-0.1, -0.05) is 30.4 Å². The number of nitrogens with one attached hydrogen (secondary N) is 1. The van der Waals surface area contributed by atoms with E-state index in [0.717, 1.165) is 23.1 Å². The third-order valence-electron chi connectivity index (χ3n) is 4.86. The van der Waals surface area contributed by atoms with Crippen molar-refractivity contribution in [2.45, 2.75) is 45.1 Å². The predicted molar refractivity (Wildman–Crippen MR) is 95.5 cm³/mol. The maximum atomic E-state index is 13.0. The van der Waals surface area contributed by atoms with Gasteiger partial charge in [-0.15, -0.1) is 0 Å². The molecule has 1 fully saturated rings. The van der Waals surface area contributed by atoms with Gasteiger partial charge < -0.3 is 9.88 Å². The minimum absolute atomic E-state index is 0.172. The van der Waals surface area contributed by atoms with Crippen LogP contribution in [0.25, 0.3) is 10.2 Å². The SMILES string of the molecule is CC(=O)NC1(C(=O)N=c2sc3ccccc3n2C)CCC(C)CC1. The van der Waals surface area contributed by atoms with E-state index >= 15 is 0 Å². The van der Waals surface area contributed by atoms with Crippen LogP contribution in [0, 0.1) is 5.92 Å². The van der Waals surface area contributed by atoms with Crippen molar-refractivity contribution in [3.8, 4) is 0 Å². The minimum atomic E-state index is -0.846. The van der Waals surface area contributed by atoms with Crippen molar-refractivity contribution in [2.24, 2.45) is 18.0 Å². The van der Waals surface area contributed by atoms with Gasteiger partial charge >= 0.3 is 0 Å². The first-order chi connectivity index (χ1) is 11.4. The number of carbonyl (C=O) groups is 2. The largest absolute Gasteiger partial charge is 0.342 e. The van der Waals surface area contributed by atoms with Crippen LogP contribution in [0.2, 0.25) is 0 Å². The van der Waals surface area contributed by atoms with Crippen molar-refractivity contribution >= 4 is 33.4 Å². The lowest BCUT2D eigenvalue weighted by atomic mass is 9.76. The Morgan fingerprint density at radius 1 is 1.29 bits per heavy atom. The molecule has 0 radical (unpaired) electrons. The Bertz CT molecular complexity index is 841. The minimum Gasteiger partial charge on any atom is -0.342 e. The second-order valence-electron chi connectivity index (χ2n) is 6.77. The fourth-order valence-corrected chi connectivity index (χ4v) is 4.38. The van der Waals surface area contributed by atoms with Crippen LogP contribution >= 0.6 is 11.3 Å². The predicted octanol–water partition coefficient (Wildman–Crippen LogP) is 2.75. The number of carbonyl (C=O) groups excluding carboxylic acids is 2. The normalized spacial score (nSPS) is 25.0. The number of nitrogens with zero attached hydrogens (tertiary/aromatic N) is 2. The highest BCUT2D eigenvalue weighted by Gasteiger charge is 2.41. The zero-order valence-corrected chi connectivity index (χ0v) is 15.2. The summed E-state index contributed by atoms with van der Waals surface area (Å²) in [4.78, 5) is 29.7. The molecule has 3 rings (SSSR count). The highest BCUT2D eigenvalue weighted by molar-refractivity contribution is 7.16. The molecule has 1 aliphatic carbocycles. The number of thiazole rings is 1. The Balaban J connectivity index is 2.00. The van der Waals surface area contributed by atoms with E-state index in [1.54, 1.807) is 0 Å². The number of rotatable bonds is 2. The van der Waals surface area contributed by atoms with Gasteiger partial charge in [0.25, 0.3) is 5.91 Å². The van der Waals surface area contributed by atoms with E-state index in [4.69, 9.17) is 0 Å². The molecule has 5 nitrogen and oxygen atoms in total. The van der Waals surface area contributed by atoms with Gasteiger partial charge in [0.05, 0.1) is 10.2 Å². The van der Waals surface area contributed by atoms with Gasteiger partial charge in [0, 0.05) is 14.0 Å². The van der Waals surface area contributed by atoms with Crippen LogP contribution in [0.15, 0.2) is 29.3 Å². The zero-order chi connectivity index (χ0) is 17.3. The van der Waals surface area contributed by atoms with E-state index in [2.05, 4.69) is 17.2 Å². The maximum Gasteiger partial charge on any atom is 0.274 e. The molecule has 1 aromatic carbocycles. The molecule has 0 aliphatic heterocycles. The van der Waals surface area contributed by atoms with E-state index in [1.807, 2.05) is 35.9 Å². The molecule has 128 valence electrons. The molecule has 1 saturated carbocycles. The molecule has 1 N–H and O–H groups in total. The number of hydrogen-bond acceptors (Lipinski definition) is 3. The third kappa shape index (κ3) is 3.15. The number of amides is 2. The lowest BCUT2D eigenvalue weighted by molar-refractivity contribution is -0.132. The second kappa shape index (κ2) is 6.51. The smallest absolute Gasteiger partial charge is 0.274 e. The number of benzene rings is 1. The van der Waals surface area contributed by atoms with Gasteiger partial charge in [-0.2, -0.15) is 4.99 Å². The fraction of sp³-hybridized carbons (Fsp3) is 0.500. The number of fused-ring (bicyclic) bond motifs is 1. The Hall–Kier alpha value is -1.95. The van der Waals surface area contributed by atoms with E-state index < -0.39 is 5.54 Å². The molecule has 0 bridgehead atoms. The van der Waals surface area contributed by atoms with Gasteiger partial charge in [0.2, 0.25) is 5.91 Å². The lowest BCUT2D eigenvalue weighted by Gasteiger charge is -2.36. The van der Waals surface area contributed by atoms with Crippen LogP contribution in [0.5, 0.6) is 0 Å². The molecule has 24 heavy (non-hydrogen) atoms. The zero-order valence-electron chi connectivity index (χ0n) is 14.3. The first kappa shape index (κ1) is 16.9. The van der Waals surface area contributed by atoms with Crippen molar-refractivity contribution < 1.29 is 9.59 Å². The summed E-state index contributed by atoms with van der Waals surface area (Å²) in [6.07, 6.45) is 3.18. The molecule has 1 heterocycles. The summed E-state index contributed by atoms with van der Waals surface area (Å²) >= 11 is 1.50. The monoisotopic (exact) mass is 345 g/mol. The van der Waals surface area contributed by atoms with Crippen molar-refractivity contribution in [1.82, 2.24) is 9.88 Å². The lowest BCUT2D eigenvalue weighted by Crippen LogP contribution is -2.55. The average Bonchev–Trinajstić information content (AvgIpc) is 2.86. The molecule has 1 aromatic heterocycles. The van der Waals surface area contributed by atoms with Crippen molar-refractivity contribution in [3.05, 3.63) is 29.1 Å². The summed E-state index contributed by atoms with van der Waals surface area (Å²) in [6.45, 7) is 3.65. The number of para-hydroxylation sites is 1. The topological polar surface area (TPSA) is 63.5 Å². The van der Waals surface area contributed by atoms with Crippen LogP contribution in [0.3, 0.4) is 0 Å². The maximum absolute atomic E-state index is 13.0. The standard InChI is InChI=1S/C18H23N3O2S/c1-12-8-10-18(11-9-12,20-13(2)22)16(23)19-17-21(3)14-6-4-5-7-15(14)24-17/h4-7,12H,8-11H2,1-3H3,(H,20,22). The first-order valence-corrected chi connectivity index (χ1v) is 9.15. The summed E-state index contributed by atoms with van der Waals surface area (Å²) < 4.78 is 3.03. The van der Waals surface area contributed by atoms with Gasteiger partial charge in [-0.05, 0) is 43.7 Å². The Morgan fingerprint density at radius 3 is 2.58 bits per heavy atom. The number of hydrogen-bond donors (Lipinski definition) is 1. The van der Waals surface area contributed by atoms with Crippen LogP contribution < -0.4 is 10.1 Å². The van der Waals surface area contributed by atoms with E-state index in [0.29, 0.717) is 23.6 Å². The van der Waals surface area contributed by atoms with Gasteiger partial charge in [0.15, 0.2) is 4.80 Å². The molecule has 0 saturated heterocycles. The van der Waals surface area contributed by atoms with Crippen molar-refractivity contribution in [2.75, 3.05) is 0 Å². The number of aromatic nitrogens is 1. The first-order valence-electron chi connectivity index (χ1n) is 8.34. The van der Waals surface area contributed by atoms with Crippen LogP contribution in [-0.2, 0) is 16.6 Å². The third-order valence-corrected chi connectivity index (χ3v) is 5.98. The summed E-state index contributed by atoms with van der Waals surface area (Å²) in [7, 11) is 1.92. The molecular weight excluding hydrogens is 322 g/mol. The summed E-state index contributed by atoms with van der Waals surface area (Å²) in [5, 5.41) is 2.90. The van der Waals surface area contributed by atoms with E-state index in [9.17, 15) is 9.59 Å². The molecule has 2 aromatic rings. The highest BCUT2D eigenvalue weighted by atomic mass is 32.1. The Kier molecular flexibility index (Phi) is 4.58. The highest BCUT2D eigenvalue weighted by Crippen LogP contribution is 2.33. The Labute approximate surface area is 145 Å². The molecule has 0 atom stereocenters. The quantitative estimate of drug-likeness (QED) is 0.910. The van der Waals surface area contributed by atoms with Crippen molar-refractivity contribution in [1.29, 1.82) is 0 Å².